The fourth-order valence-electron chi connectivity index (χ4n) is 0. The molecule has 0 unspecified atom stereocenters. The summed E-state index contributed by atoms with van der Waals surface area (Å²) in [5, 5.41) is -0.674. The van der Waals surface area contributed by atoms with Crippen molar-refractivity contribution in [3.63, 3.8) is 0 Å². The number of nitrogens with two attached hydrogens (primary N) is 1. The van der Waals surface area contributed by atoms with Crippen molar-refractivity contribution < 1.29 is 13.0 Å². The number of hydrogen-bond acceptors (Lipinski definition) is 3. The van der Waals surface area contributed by atoms with Gasteiger partial charge in [-0.1, -0.05) is 0 Å². The van der Waals surface area contributed by atoms with Gasteiger partial charge in [0.2, 0.25) is 0 Å². The standard InChI is InChI=1S/C3H8O3S.CH5N/c1-3(2)7(4,5)6;1-2/h3H,1-2H3,(H,4,5,6);2H2,1H3. The van der Waals surface area contributed by atoms with E-state index in [-0.39, 0.29) is 0 Å². The number of rotatable bonds is 1. The summed E-state index contributed by atoms with van der Waals surface area (Å²) in [5.41, 5.74) is 4.50. The van der Waals surface area contributed by atoms with Crippen molar-refractivity contribution in [3.05, 3.63) is 0 Å². The first kappa shape index (κ1) is 11.6. The Morgan fingerprint density at radius 3 is 1.44 bits per heavy atom. The predicted octanol–water partition coefficient (Wildman–Crippen LogP) is -0.142. The summed E-state index contributed by atoms with van der Waals surface area (Å²) in [6, 6.07) is 0. The van der Waals surface area contributed by atoms with E-state index < -0.39 is 15.4 Å². The predicted molar refractivity (Wildman–Crippen MR) is 36.8 cm³/mol. The van der Waals surface area contributed by atoms with Crippen molar-refractivity contribution in [2.24, 2.45) is 5.73 Å². The highest BCUT2D eigenvalue weighted by atomic mass is 32.2. The molecule has 0 aliphatic rings. The van der Waals surface area contributed by atoms with Gasteiger partial charge >= 0.3 is 0 Å². The molecular weight excluding hydrogens is 142 g/mol. The molecule has 0 radical (unpaired) electrons. The molecule has 0 bridgehead atoms. The molecular formula is C4H13NO3S. The van der Waals surface area contributed by atoms with Crippen LogP contribution in [0.5, 0.6) is 0 Å². The second kappa shape index (κ2) is 4.72. The van der Waals surface area contributed by atoms with Crippen molar-refractivity contribution in [3.8, 4) is 0 Å². The van der Waals surface area contributed by atoms with Gasteiger partial charge in [0.05, 0.1) is 5.25 Å². The zero-order valence-corrected chi connectivity index (χ0v) is 6.64. The molecule has 5 heteroatoms. The van der Waals surface area contributed by atoms with Gasteiger partial charge in [0.15, 0.2) is 0 Å². The fraction of sp³-hybridized carbons (Fsp3) is 1.00. The van der Waals surface area contributed by atoms with Gasteiger partial charge in [0.25, 0.3) is 10.1 Å². The quantitative estimate of drug-likeness (QED) is 0.516. The molecule has 58 valence electrons. The highest BCUT2D eigenvalue weighted by molar-refractivity contribution is 7.86. The Morgan fingerprint density at radius 1 is 1.33 bits per heavy atom. The van der Waals surface area contributed by atoms with Crippen LogP contribution in [0.1, 0.15) is 13.8 Å². The molecule has 3 N–H and O–H groups in total. The molecule has 0 heterocycles. The Kier molecular flexibility index (Phi) is 6.11. The molecule has 0 saturated carbocycles. The minimum atomic E-state index is -3.74. The van der Waals surface area contributed by atoms with Crippen LogP contribution in [-0.2, 0) is 10.1 Å². The van der Waals surface area contributed by atoms with Gasteiger partial charge in [-0.3, -0.25) is 4.55 Å². The average molecular weight is 155 g/mol. The largest absolute Gasteiger partial charge is 0.333 e. The van der Waals surface area contributed by atoms with E-state index in [1.54, 1.807) is 0 Å². The van der Waals surface area contributed by atoms with E-state index in [1.807, 2.05) is 0 Å². The van der Waals surface area contributed by atoms with Crippen LogP contribution in [0.2, 0.25) is 0 Å². The zero-order valence-electron chi connectivity index (χ0n) is 5.83. The molecule has 0 aromatic carbocycles. The molecule has 0 aliphatic heterocycles. The lowest BCUT2D eigenvalue weighted by molar-refractivity contribution is 0.473. The zero-order chi connectivity index (χ0) is 8.08. The van der Waals surface area contributed by atoms with Gasteiger partial charge in [-0.15, -0.1) is 0 Å². The summed E-state index contributed by atoms with van der Waals surface area (Å²) in [7, 11) is -2.24. The lowest BCUT2D eigenvalue weighted by Gasteiger charge is -1.94. The minimum Gasteiger partial charge on any atom is -0.333 e. The van der Waals surface area contributed by atoms with Crippen LogP contribution >= 0.6 is 0 Å². The third-order valence-electron chi connectivity index (χ3n) is 0.596. The maximum atomic E-state index is 9.89. The molecule has 0 atom stereocenters. The Bertz CT molecular complexity index is 138. The lowest BCUT2D eigenvalue weighted by atomic mass is 10.6. The molecule has 0 spiro atoms. The Balaban J connectivity index is 0. The highest BCUT2D eigenvalue weighted by Gasteiger charge is 2.08. The van der Waals surface area contributed by atoms with Crippen molar-refractivity contribution >= 4 is 10.1 Å². The first-order valence-corrected chi connectivity index (χ1v) is 3.99. The Morgan fingerprint density at radius 2 is 1.44 bits per heavy atom. The van der Waals surface area contributed by atoms with Crippen LogP contribution in [0, 0.1) is 0 Å². The molecule has 9 heavy (non-hydrogen) atoms. The van der Waals surface area contributed by atoms with Crippen molar-refractivity contribution in [1.29, 1.82) is 0 Å². The maximum Gasteiger partial charge on any atom is 0.267 e. The smallest absolute Gasteiger partial charge is 0.267 e. The van der Waals surface area contributed by atoms with E-state index in [4.69, 9.17) is 4.55 Å². The van der Waals surface area contributed by atoms with E-state index in [0.29, 0.717) is 0 Å². The Labute approximate surface area is 55.8 Å². The second-order valence-electron chi connectivity index (χ2n) is 1.56. The molecule has 4 nitrogen and oxygen atoms in total. The molecule has 0 amide bonds. The van der Waals surface area contributed by atoms with Gasteiger partial charge in [0, 0.05) is 0 Å². The first-order valence-electron chi connectivity index (χ1n) is 2.48. The van der Waals surface area contributed by atoms with E-state index in [9.17, 15) is 8.42 Å². The average Bonchev–Trinajstić information content (AvgIpc) is 1.69. The van der Waals surface area contributed by atoms with E-state index >= 15 is 0 Å². The van der Waals surface area contributed by atoms with Crippen molar-refractivity contribution in [2.75, 3.05) is 7.05 Å². The molecule has 0 aliphatic carbocycles. The summed E-state index contributed by atoms with van der Waals surface area (Å²) in [4.78, 5) is 0. The van der Waals surface area contributed by atoms with Gasteiger partial charge in [0.1, 0.15) is 0 Å². The normalized spacial score (nSPS) is 10.4. The summed E-state index contributed by atoms with van der Waals surface area (Å²) in [5.74, 6) is 0. The number of hydrogen-bond donors (Lipinski definition) is 2. The summed E-state index contributed by atoms with van der Waals surface area (Å²) in [6.45, 7) is 2.82. The molecule has 0 aromatic heterocycles. The first-order chi connectivity index (χ1) is 3.94. The Hall–Kier alpha value is -0.130. The van der Waals surface area contributed by atoms with Gasteiger partial charge in [-0.05, 0) is 20.9 Å². The van der Waals surface area contributed by atoms with Gasteiger partial charge in [-0.25, -0.2) is 0 Å². The van der Waals surface area contributed by atoms with Crippen molar-refractivity contribution in [1.82, 2.24) is 0 Å². The summed E-state index contributed by atoms with van der Waals surface area (Å²) < 4.78 is 27.8. The third kappa shape index (κ3) is 7.87. The van der Waals surface area contributed by atoms with Crippen LogP contribution in [0.15, 0.2) is 0 Å². The lowest BCUT2D eigenvalue weighted by Crippen LogP contribution is -2.10. The maximum absolute atomic E-state index is 9.89. The van der Waals surface area contributed by atoms with Crippen LogP contribution < -0.4 is 5.73 Å². The summed E-state index contributed by atoms with van der Waals surface area (Å²) >= 11 is 0. The molecule has 0 fully saturated rings. The van der Waals surface area contributed by atoms with E-state index in [2.05, 4.69) is 5.73 Å². The minimum absolute atomic E-state index is 0.674. The van der Waals surface area contributed by atoms with Gasteiger partial charge < -0.3 is 5.73 Å². The van der Waals surface area contributed by atoms with E-state index in [1.165, 1.54) is 20.9 Å². The van der Waals surface area contributed by atoms with Crippen LogP contribution in [-0.4, -0.2) is 25.3 Å². The molecule has 0 saturated heterocycles. The highest BCUT2D eigenvalue weighted by Crippen LogP contribution is 1.91. The van der Waals surface area contributed by atoms with Crippen LogP contribution in [0.4, 0.5) is 0 Å². The SMILES string of the molecule is CC(C)S(=O)(=O)O.CN. The third-order valence-corrected chi connectivity index (χ3v) is 1.79. The van der Waals surface area contributed by atoms with Gasteiger partial charge in [-0.2, -0.15) is 8.42 Å². The second-order valence-corrected chi connectivity index (χ2v) is 3.54. The van der Waals surface area contributed by atoms with E-state index in [0.717, 1.165) is 0 Å². The van der Waals surface area contributed by atoms with Crippen molar-refractivity contribution in [2.45, 2.75) is 19.1 Å². The topological polar surface area (TPSA) is 80.4 Å². The fourth-order valence-corrected chi connectivity index (χ4v) is 0. The molecule has 0 rings (SSSR count). The van der Waals surface area contributed by atoms with Crippen LogP contribution in [0.25, 0.3) is 0 Å². The molecule has 0 aromatic rings. The van der Waals surface area contributed by atoms with Crippen LogP contribution in [0.3, 0.4) is 0 Å². The summed E-state index contributed by atoms with van der Waals surface area (Å²) in [6.07, 6.45) is 0. The monoisotopic (exact) mass is 155 g/mol.